The van der Waals surface area contributed by atoms with E-state index in [9.17, 15) is 4.79 Å². The van der Waals surface area contributed by atoms with Crippen molar-refractivity contribution in [2.24, 2.45) is 5.73 Å². The summed E-state index contributed by atoms with van der Waals surface area (Å²) in [5.74, 6) is 0.509. The highest BCUT2D eigenvalue weighted by Crippen LogP contribution is 2.43. The van der Waals surface area contributed by atoms with E-state index >= 15 is 0 Å². The molecule has 74 valence electrons. The van der Waals surface area contributed by atoms with E-state index < -0.39 is 0 Å². The van der Waals surface area contributed by atoms with Crippen molar-refractivity contribution in [2.75, 3.05) is 0 Å². The van der Waals surface area contributed by atoms with Crippen LogP contribution in [0.3, 0.4) is 0 Å². The third kappa shape index (κ3) is 1.10. The predicted molar refractivity (Wildman–Crippen MR) is 52.1 cm³/mol. The normalized spacial score (nSPS) is 25.1. The van der Waals surface area contributed by atoms with Gasteiger partial charge >= 0.3 is 5.69 Å². The number of nitrogens with two attached hydrogens (primary N) is 1. The van der Waals surface area contributed by atoms with E-state index in [1.54, 1.807) is 0 Å². The molecule has 3 rings (SSSR count). The first-order valence-electron chi connectivity index (χ1n) is 5.14. The molecule has 1 saturated carbocycles. The van der Waals surface area contributed by atoms with Gasteiger partial charge in [-0.15, -0.1) is 0 Å². The molecular weight excluding hydrogens is 178 g/mol. The first kappa shape index (κ1) is 8.17. The number of fused-ring (bicyclic) bond motifs is 1. The van der Waals surface area contributed by atoms with Crippen LogP contribution in [0.15, 0.2) is 4.79 Å². The Morgan fingerprint density at radius 2 is 2.14 bits per heavy atom. The van der Waals surface area contributed by atoms with E-state index in [-0.39, 0.29) is 11.7 Å². The van der Waals surface area contributed by atoms with Crippen molar-refractivity contribution in [2.45, 2.75) is 37.6 Å². The molecule has 1 aromatic heterocycles. The van der Waals surface area contributed by atoms with Crippen molar-refractivity contribution >= 4 is 0 Å². The highest BCUT2D eigenvalue weighted by Gasteiger charge is 2.33. The minimum atomic E-state index is -0.209. The Kier molecular flexibility index (Phi) is 1.56. The molecule has 1 heterocycles. The van der Waals surface area contributed by atoms with E-state index in [2.05, 4.69) is 9.97 Å². The summed E-state index contributed by atoms with van der Waals surface area (Å²) in [4.78, 5) is 18.1. The molecule has 3 N–H and O–H groups in total. The molecule has 14 heavy (non-hydrogen) atoms. The van der Waals surface area contributed by atoms with Crippen molar-refractivity contribution in [1.82, 2.24) is 9.97 Å². The molecule has 4 heteroatoms. The zero-order chi connectivity index (χ0) is 9.71. The number of hydrogen-bond acceptors (Lipinski definition) is 3. The fraction of sp³-hybridized carbons (Fsp3) is 0.600. The molecule has 0 saturated heterocycles. The van der Waals surface area contributed by atoms with Gasteiger partial charge in [-0.05, 0) is 25.7 Å². The highest BCUT2D eigenvalue weighted by atomic mass is 16.1. The summed E-state index contributed by atoms with van der Waals surface area (Å²) in [6, 6.07) is 0.0879. The summed E-state index contributed by atoms with van der Waals surface area (Å²) in [5.41, 5.74) is 8.93. The van der Waals surface area contributed by atoms with Crippen LogP contribution in [0.2, 0.25) is 0 Å². The molecular formula is C10H13N3O. The third-order valence-electron chi connectivity index (χ3n) is 3.12. The van der Waals surface area contributed by atoms with Crippen LogP contribution >= 0.6 is 0 Å². The fourth-order valence-electron chi connectivity index (χ4n) is 2.27. The molecule has 0 amide bonds. The monoisotopic (exact) mass is 191 g/mol. The molecule has 4 nitrogen and oxygen atoms in total. The summed E-state index contributed by atoms with van der Waals surface area (Å²) < 4.78 is 0. The van der Waals surface area contributed by atoms with Crippen LogP contribution in [0, 0.1) is 0 Å². The molecule has 1 aromatic rings. The maximum Gasteiger partial charge on any atom is 0.345 e. The molecule has 1 fully saturated rings. The molecule has 0 aliphatic heterocycles. The topological polar surface area (TPSA) is 71.8 Å². The van der Waals surface area contributed by atoms with E-state index in [0.717, 1.165) is 42.6 Å². The van der Waals surface area contributed by atoms with Crippen LogP contribution in [0.5, 0.6) is 0 Å². The first-order valence-corrected chi connectivity index (χ1v) is 5.14. The lowest BCUT2D eigenvalue weighted by atomic mass is 10.1. The number of aromatic amines is 1. The van der Waals surface area contributed by atoms with E-state index in [4.69, 9.17) is 5.73 Å². The molecule has 2 aliphatic carbocycles. The van der Waals surface area contributed by atoms with Gasteiger partial charge in [-0.2, -0.15) is 4.98 Å². The average Bonchev–Trinajstić information content (AvgIpc) is 2.92. The van der Waals surface area contributed by atoms with Crippen LogP contribution < -0.4 is 11.4 Å². The van der Waals surface area contributed by atoms with Gasteiger partial charge in [0.25, 0.3) is 0 Å². The van der Waals surface area contributed by atoms with Crippen molar-refractivity contribution in [3.05, 3.63) is 27.4 Å². The first-order chi connectivity index (χ1) is 6.75. The number of aryl methyl sites for hydroxylation is 1. The summed E-state index contributed by atoms with van der Waals surface area (Å²) in [5, 5.41) is 0. The number of nitrogens with one attached hydrogen (secondary N) is 1. The van der Waals surface area contributed by atoms with Gasteiger partial charge in [-0.25, -0.2) is 4.79 Å². The maximum atomic E-state index is 11.3. The smallest absolute Gasteiger partial charge is 0.324 e. The largest absolute Gasteiger partial charge is 0.345 e. The predicted octanol–water partition coefficient (Wildman–Crippen LogP) is 0.593. The minimum Gasteiger partial charge on any atom is -0.324 e. The van der Waals surface area contributed by atoms with Crippen LogP contribution in [0.1, 0.15) is 48.2 Å². The average molecular weight is 191 g/mol. The minimum absolute atomic E-state index is 0.0879. The Balaban J connectivity index is 2.22. The Bertz CT molecular complexity index is 433. The number of nitrogens with zero attached hydrogens (tertiary/aromatic N) is 1. The van der Waals surface area contributed by atoms with Gasteiger partial charge in [0.05, 0.1) is 5.69 Å². The number of hydrogen-bond donors (Lipinski definition) is 2. The zero-order valence-corrected chi connectivity index (χ0v) is 7.92. The van der Waals surface area contributed by atoms with Crippen LogP contribution in [0.4, 0.5) is 0 Å². The summed E-state index contributed by atoms with van der Waals surface area (Å²) in [7, 11) is 0. The second-order valence-corrected chi connectivity index (χ2v) is 4.24. The number of aromatic nitrogens is 2. The summed E-state index contributed by atoms with van der Waals surface area (Å²) in [6.07, 6.45) is 4.16. The van der Waals surface area contributed by atoms with Gasteiger partial charge < -0.3 is 10.7 Å². The quantitative estimate of drug-likeness (QED) is 0.682. The van der Waals surface area contributed by atoms with Crippen molar-refractivity contribution in [3.8, 4) is 0 Å². The Morgan fingerprint density at radius 1 is 1.36 bits per heavy atom. The van der Waals surface area contributed by atoms with Gasteiger partial charge in [0.1, 0.15) is 0 Å². The number of H-pyrrole nitrogens is 1. The van der Waals surface area contributed by atoms with Gasteiger partial charge in [0.15, 0.2) is 0 Å². The van der Waals surface area contributed by atoms with E-state index in [1.807, 2.05) is 0 Å². The van der Waals surface area contributed by atoms with E-state index in [1.165, 1.54) is 0 Å². The second-order valence-electron chi connectivity index (χ2n) is 4.24. The third-order valence-corrected chi connectivity index (χ3v) is 3.12. The van der Waals surface area contributed by atoms with Gasteiger partial charge in [-0.1, -0.05) is 0 Å². The van der Waals surface area contributed by atoms with Crippen molar-refractivity contribution in [3.63, 3.8) is 0 Å². The van der Waals surface area contributed by atoms with Crippen molar-refractivity contribution in [1.29, 1.82) is 0 Å². The van der Waals surface area contributed by atoms with Crippen molar-refractivity contribution < 1.29 is 0 Å². The van der Waals surface area contributed by atoms with Gasteiger partial charge in [0.2, 0.25) is 0 Å². The second kappa shape index (κ2) is 2.67. The fourth-order valence-corrected chi connectivity index (χ4v) is 2.27. The molecule has 0 radical (unpaired) electrons. The van der Waals surface area contributed by atoms with Crippen LogP contribution in [0.25, 0.3) is 0 Å². The molecule has 1 atom stereocenters. The van der Waals surface area contributed by atoms with Crippen LogP contribution in [-0.2, 0) is 6.42 Å². The summed E-state index contributed by atoms with van der Waals surface area (Å²) in [6.45, 7) is 0. The highest BCUT2D eigenvalue weighted by molar-refractivity contribution is 5.36. The molecule has 0 bridgehead atoms. The molecule has 2 aliphatic rings. The summed E-state index contributed by atoms with van der Waals surface area (Å²) >= 11 is 0. The lowest BCUT2D eigenvalue weighted by Crippen LogP contribution is -2.19. The number of rotatable bonds is 1. The van der Waals surface area contributed by atoms with Crippen LogP contribution in [-0.4, -0.2) is 9.97 Å². The molecule has 0 aromatic carbocycles. The lowest BCUT2D eigenvalue weighted by Gasteiger charge is -2.09. The SMILES string of the molecule is NC1CCc2[nH]c(=O)nc(C3CC3)c21. The van der Waals surface area contributed by atoms with Gasteiger partial charge in [0, 0.05) is 23.2 Å². The lowest BCUT2D eigenvalue weighted by molar-refractivity contribution is 0.702. The standard InChI is InChI=1S/C10H13N3O/c11-6-3-4-7-8(6)9(5-1-2-5)13-10(14)12-7/h5-6H,1-4,11H2,(H,12,13,14). The Labute approximate surface area is 81.6 Å². The van der Waals surface area contributed by atoms with E-state index in [0.29, 0.717) is 5.92 Å². The van der Waals surface area contributed by atoms with Gasteiger partial charge in [-0.3, -0.25) is 0 Å². The molecule has 1 unspecified atom stereocenters. The molecule has 0 spiro atoms. The maximum absolute atomic E-state index is 11.3. The zero-order valence-electron chi connectivity index (χ0n) is 7.92. The Morgan fingerprint density at radius 3 is 2.86 bits per heavy atom. The Hall–Kier alpha value is -1.16.